The van der Waals surface area contributed by atoms with Crippen LogP contribution in [0.3, 0.4) is 0 Å². The number of hydrogen-bond donors (Lipinski definition) is 3. The summed E-state index contributed by atoms with van der Waals surface area (Å²) in [6.07, 6.45) is 2.65. The van der Waals surface area contributed by atoms with Gasteiger partial charge >= 0.3 is 5.97 Å². The first-order valence-corrected chi connectivity index (χ1v) is 6.80. The van der Waals surface area contributed by atoms with Crippen molar-refractivity contribution in [3.05, 3.63) is 35.9 Å². The zero-order valence-electron chi connectivity index (χ0n) is 11.4. The Labute approximate surface area is 118 Å². The molecule has 1 rings (SSSR count). The molecule has 0 bridgehead atoms. The van der Waals surface area contributed by atoms with Crippen LogP contribution in [0.4, 0.5) is 0 Å². The summed E-state index contributed by atoms with van der Waals surface area (Å²) in [6, 6.07) is 8.31. The van der Waals surface area contributed by atoms with Crippen LogP contribution < -0.4 is 5.32 Å². The van der Waals surface area contributed by atoms with E-state index in [1.54, 1.807) is 0 Å². The molecule has 5 nitrogen and oxygen atoms in total. The van der Waals surface area contributed by atoms with Gasteiger partial charge in [0, 0.05) is 19.4 Å². The van der Waals surface area contributed by atoms with Gasteiger partial charge in [-0.2, -0.15) is 0 Å². The Morgan fingerprint density at radius 2 is 1.80 bits per heavy atom. The van der Waals surface area contributed by atoms with E-state index in [-0.39, 0.29) is 18.9 Å². The predicted octanol–water partition coefficient (Wildman–Crippen LogP) is 1.35. The number of carbonyl (C=O) groups excluding carboxylic acids is 1. The van der Waals surface area contributed by atoms with Crippen LogP contribution >= 0.6 is 0 Å². The van der Waals surface area contributed by atoms with E-state index in [9.17, 15) is 9.59 Å². The van der Waals surface area contributed by atoms with Crippen LogP contribution in [0.5, 0.6) is 0 Å². The highest BCUT2D eigenvalue weighted by Crippen LogP contribution is 2.05. The summed E-state index contributed by atoms with van der Waals surface area (Å²) in [6.45, 7) is 0.118. The number of carbonyl (C=O) groups is 2. The van der Waals surface area contributed by atoms with Crippen molar-refractivity contribution in [3.8, 4) is 0 Å². The number of benzene rings is 1. The van der Waals surface area contributed by atoms with Crippen LogP contribution in [0.1, 0.15) is 31.2 Å². The summed E-state index contributed by atoms with van der Waals surface area (Å²) < 4.78 is 0. The number of unbranched alkanes of at least 4 members (excludes halogenated alkanes) is 2. The van der Waals surface area contributed by atoms with Gasteiger partial charge in [-0.1, -0.05) is 36.8 Å². The molecule has 1 aromatic carbocycles. The van der Waals surface area contributed by atoms with Crippen molar-refractivity contribution in [1.29, 1.82) is 0 Å². The minimum absolute atomic E-state index is 0.118. The summed E-state index contributed by atoms with van der Waals surface area (Å²) in [5, 5.41) is 20.3. The molecule has 5 heteroatoms. The van der Waals surface area contributed by atoms with E-state index in [4.69, 9.17) is 10.2 Å². The van der Waals surface area contributed by atoms with Crippen molar-refractivity contribution >= 4 is 11.9 Å². The van der Waals surface area contributed by atoms with Crippen LogP contribution in [0.25, 0.3) is 0 Å². The molecule has 0 unspecified atom stereocenters. The Morgan fingerprint density at radius 3 is 2.40 bits per heavy atom. The number of carboxylic acids is 1. The van der Waals surface area contributed by atoms with Gasteiger partial charge in [0.15, 0.2) is 0 Å². The fourth-order valence-corrected chi connectivity index (χ4v) is 1.89. The summed E-state index contributed by atoms with van der Waals surface area (Å²) >= 11 is 0. The molecule has 1 amide bonds. The van der Waals surface area contributed by atoms with Crippen molar-refractivity contribution in [3.63, 3.8) is 0 Å². The van der Waals surface area contributed by atoms with Gasteiger partial charge in [-0.3, -0.25) is 4.79 Å². The summed E-state index contributed by atoms with van der Waals surface area (Å²) in [5.41, 5.74) is 0.875. The number of aliphatic hydroxyl groups is 1. The van der Waals surface area contributed by atoms with Gasteiger partial charge in [-0.25, -0.2) is 4.79 Å². The maximum Gasteiger partial charge on any atom is 0.326 e. The minimum atomic E-state index is -1.03. The normalized spacial score (nSPS) is 11.8. The van der Waals surface area contributed by atoms with Crippen LogP contribution in [0.2, 0.25) is 0 Å². The summed E-state index contributed by atoms with van der Waals surface area (Å²) in [7, 11) is 0. The van der Waals surface area contributed by atoms with E-state index in [0.717, 1.165) is 12.0 Å². The molecule has 0 spiro atoms. The highest BCUT2D eigenvalue weighted by molar-refractivity contribution is 5.83. The lowest BCUT2D eigenvalue weighted by atomic mass is 10.1. The van der Waals surface area contributed by atoms with Crippen LogP contribution in [0, 0.1) is 0 Å². The number of hydrogen-bond acceptors (Lipinski definition) is 3. The molecule has 0 heterocycles. The summed E-state index contributed by atoms with van der Waals surface area (Å²) in [5.74, 6) is -1.29. The van der Waals surface area contributed by atoms with E-state index in [0.29, 0.717) is 19.3 Å². The number of rotatable bonds is 9. The Bertz CT molecular complexity index is 419. The zero-order chi connectivity index (χ0) is 14.8. The summed E-state index contributed by atoms with van der Waals surface area (Å²) in [4.78, 5) is 22.8. The number of aliphatic carboxylic acids is 1. The zero-order valence-corrected chi connectivity index (χ0v) is 11.4. The van der Waals surface area contributed by atoms with Gasteiger partial charge < -0.3 is 15.5 Å². The van der Waals surface area contributed by atoms with Crippen molar-refractivity contribution < 1.29 is 19.8 Å². The molecule has 0 aliphatic carbocycles. The maximum atomic E-state index is 11.7. The van der Waals surface area contributed by atoms with E-state index in [1.807, 2.05) is 30.3 Å². The second-order valence-corrected chi connectivity index (χ2v) is 4.68. The molecule has 0 aromatic heterocycles. The van der Waals surface area contributed by atoms with Gasteiger partial charge in [0.2, 0.25) is 5.91 Å². The Morgan fingerprint density at radius 1 is 1.10 bits per heavy atom. The smallest absolute Gasteiger partial charge is 0.326 e. The molecule has 0 saturated heterocycles. The van der Waals surface area contributed by atoms with E-state index < -0.39 is 12.0 Å². The van der Waals surface area contributed by atoms with Crippen molar-refractivity contribution in [1.82, 2.24) is 5.32 Å². The van der Waals surface area contributed by atoms with Crippen LogP contribution in [0.15, 0.2) is 30.3 Å². The Hall–Kier alpha value is -1.88. The Kier molecular flexibility index (Phi) is 7.35. The number of carboxylic acid groups (broad SMARTS) is 1. The molecule has 20 heavy (non-hydrogen) atoms. The van der Waals surface area contributed by atoms with Crippen molar-refractivity contribution in [2.45, 2.75) is 38.1 Å². The fraction of sp³-hybridized carbons (Fsp3) is 0.467. The van der Waals surface area contributed by atoms with E-state index in [1.165, 1.54) is 0 Å². The van der Waals surface area contributed by atoms with Gasteiger partial charge in [0.05, 0.1) is 0 Å². The SMILES string of the molecule is O=C(CCCCCO)N[C@H](Cc1ccccc1)C(=O)O. The highest BCUT2D eigenvalue weighted by Gasteiger charge is 2.19. The molecule has 0 fully saturated rings. The van der Waals surface area contributed by atoms with Crippen LogP contribution in [-0.4, -0.2) is 34.7 Å². The molecular formula is C15H21NO4. The molecule has 1 aromatic rings. The molecule has 0 radical (unpaired) electrons. The first kappa shape index (κ1) is 16.2. The van der Waals surface area contributed by atoms with Gasteiger partial charge in [-0.15, -0.1) is 0 Å². The fourth-order valence-electron chi connectivity index (χ4n) is 1.89. The lowest BCUT2D eigenvalue weighted by Crippen LogP contribution is -2.42. The third-order valence-corrected chi connectivity index (χ3v) is 2.98. The molecule has 0 aliphatic heterocycles. The first-order valence-electron chi connectivity index (χ1n) is 6.80. The highest BCUT2D eigenvalue weighted by atomic mass is 16.4. The first-order chi connectivity index (χ1) is 9.63. The molecule has 0 aliphatic rings. The van der Waals surface area contributed by atoms with Gasteiger partial charge in [0.25, 0.3) is 0 Å². The lowest BCUT2D eigenvalue weighted by Gasteiger charge is -2.14. The van der Waals surface area contributed by atoms with Crippen molar-refractivity contribution in [2.24, 2.45) is 0 Å². The second-order valence-electron chi connectivity index (χ2n) is 4.68. The van der Waals surface area contributed by atoms with Gasteiger partial charge in [-0.05, 0) is 18.4 Å². The molecule has 0 saturated carbocycles. The number of aliphatic hydroxyl groups excluding tert-OH is 1. The average Bonchev–Trinajstić information content (AvgIpc) is 2.44. The van der Waals surface area contributed by atoms with E-state index in [2.05, 4.69) is 5.32 Å². The van der Waals surface area contributed by atoms with Crippen LogP contribution in [-0.2, 0) is 16.0 Å². The molecular weight excluding hydrogens is 258 g/mol. The average molecular weight is 279 g/mol. The molecule has 3 N–H and O–H groups in total. The second kappa shape index (κ2) is 9.09. The monoisotopic (exact) mass is 279 g/mol. The van der Waals surface area contributed by atoms with Crippen molar-refractivity contribution in [2.75, 3.05) is 6.61 Å². The largest absolute Gasteiger partial charge is 0.480 e. The topological polar surface area (TPSA) is 86.6 Å². The lowest BCUT2D eigenvalue weighted by molar-refractivity contribution is -0.141. The number of nitrogens with one attached hydrogen (secondary N) is 1. The van der Waals surface area contributed by atoms with E-state index >= 15 is 0 Å². The Balaban J connectivity index is 2.43. The number of amides is 1. The predicted molar refractivity (Wildman–Crippen MR) is 75.3 cm³/mol. The quantitative estimate of drug-likeness (QED) is 0.596. The minimum Gasteiger partial charge on any atom is -0.480 e. The standard InChI is InChI=1S/C15H21NO4/c17-10-6-2-5-9-14(18)16-13(15(19)20)11-12-7-3-1-4-8-12/h1,3-4,7-8,13,17H,2,5-6,9-11H2,(H,16,18)(H,19,20)/t13-/m1/s1. The van der Waals surface area contributed by atoms with Gasteiger partial charge in [0.1, 0.15) is 6.04 Å². The third kappa shape index (κ3) is 6.33. The molecule has 110 valence electrons. The third-order valence-electron chi connectivity index (χ3n) is 2.98. The molecule has 1 atom stereocenters. The maximum absolute atomic E-state index is 11.7.